The predicted octanol–water partition coefficient (Wildman–Crippen LogP) is 7.02. The highest BCUT2D eigenvalue weighted by Gasteiger charge is 2.11. The molecule has 0 saturated carbocycles. The number of rotatable bonds is 8. The lowest BCUT2D eigenvalue weighted by molar-refractivity contribution is 0.303. The molecule has 0 aliphatic heterocycles. The highest BCUT2D eigenvalue weighted by molar-refractivity contribution is 6.35. The van der Waals surface area contributed by atoms with Crippen molar-refractivity contribution in [1.29, 1.82) is 0 Å². The molecule has 0 atom stereocenters. The Morgan fingerprint density at radius 2 is 1.58 bits per heavy atom. The van der Waals surface area contributed by atoms with Crippen LogP contribution in [0.15, 0.2) is 78.9 Å². The summed E-state index contributed by atoms with van der Waals surface area (Å²) in [5, 5.41) is 7.09. The summed E-state index contributed by atoms with van der Waals surface area (Å²) < 4.78 is 11.7. The van der Waals surface area contributed by atoms with Crippen molar-refractivity contribution >= 4 is 34.0 Å². The molecule has 0 bridgehead atoms. The van der Waals surface area contributed by atoms with Gasteiger partial charge in [-0.25, -0.2) is 0 Å². The van der Waals surface area contributed by atoms with Gasteiger partial charge in [-0.1, -0.05) is 77.8 Å². The Bertz CT molecular complexity index is 1190. The number of benzene rings is 4. The molecule has 0 unspecified atom stereocenters. The van der Waals surface area contributed by atoms with E-state index in [1.54, 1.807) is 13.2 Å². The maximum Gasteiger partial charge on any atom is 0.124 e. The van der Waals surface area contributed by atoms with E-state index in [0.717, 1.165) is 33.6 Å². The number of hydrogen-bond acceptors (Lipinski definition) is 3. The van der Waals surface area contributed by atoms with E-state index >= 15 is 0 Å². The molecule has 3 nitrogen and oxygen atoms in total. The second kappa shape index (κ2) is 10.1. The molecule has 0 aliphatic rings. The average molecular weight is 452 g/mol. The maximum absolute atomic E-state index is 6.32. The fraction of sp³-hybridized carbons (Fsp3) is 0.154. The van der Waals surface area contributed by atoms with Gasteiger partial charge in [0.25, 0.3) is 0 Å². The van der Waals surface area contributed by atoms with E-state index in [9.17, 15) is 0 Å². The molecule has 158 valence electrons. The smallest absolute Gasteiger partial charge is 0.124 e. The molecule has 0 radical (unpaired) electrons. The first-order valence-corrected chi connectivity index (χ1v) is 10.8. The van der Waals surface area contributed by atoms with Crippen LogP contribution in [0.3, 0.4) is 0 Å². The molecule has 0 aromatic heterocycles. The third kappa shape index (κ3) is 5.13. The van der Waals surface area contributed by atoms with Gasteiger partial charge in [-0.05, 0) is 35.0 Å². The first-order valence-electron chi connectivity index (χ1n) is 10.1. The summed E-state index contributed by atoms with van der Waals surface area (Å²) in [6.45, 7) is 1.71. The fourth-order valence-electron chi connectivity index (χ4n) is 3.60. The van der Waals surface area contributed by atoms with Gasteiger partial charge >= 0.3 is 0 Å². The minimum atomic E-state index is 0.369. The average Bonchev–Trinajstić information content (AvgIpc) is 2.79. The van der Waals surface area contributed by atoms with Crippen LogP contribution < -0.4 is 14.8 Å². The molecule has 4 aromatic carbocycles. The standard InChI is InChI=1S/C26H23Cl2NO2/c1-30-25-9-5-3-7-19(25)15-29-16-23-22-8-4-2-6-18(22)11-13-26(23)31-17-20-10-12-21(27)14-24(20)28/h2-14,29H,15-17H2,1H3. The Kier molecular flexibility index (Phi) is 6.98. The van der Waals surface area contributed by atoms with Crippen LogP contribution in [0.2, 0.25) is 10.0 Å². The lowest BCUT2D eigenvalue weighted by Gasteiger charge is -2.16. The van der Waals surface area contributed by atoms with Crippen LogP contribution in [-0.4, -0.2) is 7.11 Å². The van der Waals surface area contributed by atoms with Crippen molar-refractivity contribution in [2.75, 3.05) is 7.11 Å². The molecule has 0 saturated heterocycles. The zero-order valence-electron chi connectivity index (χ0n) is 17.2. The van der Waals surface area contributed by atoms with Gasteiger partial charge in [0.05, 0.1) is 7.11 Å². The SMILES string of the molecule is COc1ccccc1CNCc1c(OCc2ccc(Cl)cc2Cl)ccc2ccccc12. The van der Waals surface area contributed by atoms with Crippen molar-refractivity contribution in [3.63, 3.8) is 0 Å². The number of fused-ring (bicyclic) bond motifs is 1. The summed E-state index contributed by atoms with van der Waals surface area (Å²) in [6, 6.07) is 25.9. The van der Waals surface area contributed by atoms with Crippen LogP contribution in [0, 0.1) is 0 Å². The van der Waals surface area contributed by atoms with E-state index in [-0.39, 0.29) is 0 Å². The lowest BCUT2D eigenvalue weighted by atomic mass is 10.0. The molecule has 4 aromatic rings. The molecular weight excluding hydrogens is 429 g/mol. The van der Waals surface area contributed by atoms with Gasteiger partial charge < -0.3 is 14.8 Å². The van der Waals surface area contributed by atoms with Crippen LogP contribution >= 0.6 is 23.2 Å². The van der Waals surface area contributed by atoms with E-state index in [1.165, 1.54) is 5.39 Å². The third-order valence-corrected chi connectivity index (χ3v) is 5.79. The monoisotopic (exact) mass is 451 g/mol. The minimum absolute atomic E-state index is 0.369. The molecule has 0 heterocycles. The van der Waals surface area contributed by atoms with Gasteiger partial charge in [0.2, 0.25) is 0 Å². The molecule has 0 amide bonds. The Hall–Kier alpha value is -2.72. The summed E-state index contributed by atoms with van der Waals surface area (Å²) in [5.74, 6) is 1.71. The van der Waals surface area contributed by atoms with E-state index in [2.05, 4.69) is 29.6 Å². The summed E-state index contributed by atoms with van der Waals surface area (Å²) in [4.78, 5) is 0. The van der Waals surface area contributed by atoms with Crippen LogP contribution in [0.1, 0.15) is 16.7 Å². The number of ether oxygens (including phenoxy) is 2. The Balaban J connectivity index is 1.56. The molecule has 1 N–H and O–H groups in total. The van der Waals surface area contributed by atoms with Gasteiger partial charge in [-0.15, -0.1) is 0 Å². The molecule has 0 aliphatic carbocycles. The zero-order valence-corrected chi connectivity index (χ0v) is 18.7. The highest BCUT2D eigenvalue weighted by Crippen LogP contribution is 2.30. The van der Waals surface area contributed by atoms with Gasteiger partial charge in [-0.3, -0.25) is 0 Å². The number of methoxy groups -OCH3 is 1. The zero-order chi connectivity index (χ0) is 21.6. The van der Waals surface area contributed by atoms with Crippen LogP contribution in [-0.2, 0) is 19.7 Å². The molecular formula is C26H23Cl2NO2. The maximum atomic E-state index is 6.32. The second-order valence-corrected chi connectivity index (χ2v) is 8.05. The Morgan fingerprint density at radius 1 is 0.774 bits per heavy atom. The van der Waals surface area contributed by atoms with Crippen molar-refractivity contribution < 1.29 is 9.47 Å². The van der Waals surface area contributed by atoms with Crippen molar-refractivity contribution in [3.05, 3.63) is 106 Å². The van der Waals surface area contributed by atoms with E-state index < -0.39 is 0 Å². The number of nitrogens with one attached hydrogen (secondary N) is 1. The quantitative estimate of drug-likeness (QED) is 0.312. The highest BCUT2D eigenvalue weighted by atomic mass is 35.5. The fourth-order valence-corrected chi connectivity index (χ4v) is 4.06. The van der Waals surface area contributed by atoms with Crippen LogP contribution in [0.4, 0.5) is 0 Å². The molecule has 5 heteroatoms. The second-order valence-electron chi connectivity index (χ2n) is 7.20. The van der Waals surface area contributed by atoms with Crippen LogP contribution in [0.25, 0.3) is 10.8 Å². The molecule has 4 rings (SSSR count). The third-order valence-electron chi connectivity index (χ3n) is 5.21. The first kappa shape index (κ1) is 21.5. The topological polar surface area (TPSA) is 30.5 Å². The van der Waals surface area contributed by atoms with Crippen molar-refractivity contribution in [2.24, 2.45) is 0 Å². The summed E-state index contributed by atoms with van der Waals surface area (Å²) in [5.41, 5.74) is 3.12. The summed E-state index contributed by atoms with van der Waals surface area (Å²) in [7, 11) is 1.69. The van der Waals surface area contributed by atoms with E-state index in [0.29, 0.717) is 29.7 Å². The van der Waals surface area contributed by atoms with Crippen molar-refractivity contribution in [2.45, 2.75) is 19.7 Å². The normalized spacial score (nSPS) is 10.9. The Morgan fingerprint density at radius 3 is 2.42 bits per heavy atom. The lowest BCUT2D eigenvalue weighted by Crippen LogP contribution is -2.14. The molecule has 0 spiro atoms. The molecule has 0 fully saturated rings. The van der Waals surface area contributed by atoms with Crippen LogP contribution in [0.5, 0.6) is 11.5 Å². The predicted molar refractivity (Wildman–Crippen MR) is 128 cm³/mol. The van der Waals surface area contributed by atoms with Gasteiger partial charge in [0.15, 0.2) is 0 Å². The number of halogens is 2. The van der Waals surface area contributed by atoms with Gasteiger partial charge in [0, 0.05) is 39.8 Å². The van der Waals surface area contributed by atoms with Crippen molar-refractivity contribution in [3.8, 4) is 11.5 Å². The van der Waals surface area contributed by atoms with Gasteiger partial charge in [-0.2, -0.15) is 0 Å². The van der Waals surface area contributed by atoms with Gasteiger partial charge in [0.1, 0.15) is 18.1 Å². The summed E-state index contributed by atoms with van der Waals surface area (Å²) in [6.07, 6.45) is 0. The first-order chi connectivity index (χ1) is 15.2. The van der Waals surface area contributed by atoms with Crippen molar-refractivity contribution in [1.82, 2.24) is 5.32 Å². The Labute approximate surface area is 192 Å². The number of hydrogen-bond donors (Lipinski definition) is 1. The number of para-hydroxylation sites is 1. The summed E-state index contributed by atoms with van der Waals surface area (Å²) >= 11 is 12.3. The van der Waals surface area contributed by atoms with E-state index in [1.807, 2.05) is 48.5 Å². The van der Waals surface area contributed by atoms with E-state index in [4.69, 9.17) is 32.7 Å². The molecule has 31 heavy (non-hydrogen) atoms. The largest absolute Gasteiger partial charge is 0.496 e. The minimum Gasteiger partial charge on any atom is -0.496 e.